The average Bonchev–Trinajstić information content (AvgIpc) is 3.35. The number of rotatable bonds is 6. The number of hydrogen-bond acceptors (Lipinski definition) is 5. The van der Waals surface area contributed by atoms with Gasteiger partial charge in [-0.2, -0.15) is 0 Å². The predicted molar refractivity (Wildman–Crippen MR) is 108 cm³/mol. The fourth-order valence-corrected chi connectivity index (χ4v) is 3.60. The van der Waals surface area contributed by atoms with Crippen LogP contribution in [0.25, 0.3) is 0 Å². The number of furan rings is 1. The first-order valence-electron chi connectivity index (χ1n) is 8.81. The number of hydrogen-bond donors (Lipinski definition) is 1. The van der Waals surface area contributed by atoms with E-state index in [0.29, 0.717) is 17.3 Å². The van der Waals surface area contributed by atoms with Gasteiger partial charge in [0.25, 0.3) is 11.5 Å². The van der Waals surface area contributed by atoms with Crippen molar-refractivity contribution in [3.8, 4) is 0 Å². The van der Waals surface area contributed by atoms with E-state index in [1.54, 1.807) is 48.8 Å². The number of carbonyl (C=O) groups is 1. The zero-order valence-electron chi connectivity index (χ0n) is 15.2. The van der Waals surface area contributed by atoms with Crippen LogP contribution in [0, 0.1) is 5.82 Å². The van der Waals surface area contributed by atoms with E-state index in [0.717, 1.165) is 10.4 Å². The molecule has 0 aliphatic heterocycles. The summed E-state index contributed by atoms with van der Waals surface area (Å²) in [6.45, 7) is 0.242. The van der Waals surface area contributed by atoms with Crippen LogP contribution in [0.3, 0.4) is 0 Å². The van der Waals surface area contributed by atoms with Gasteiger partial charge in [-0.3, -0.25) is 14.9 Å². The third kappa shape index (κ3) is 4.67. The Hall–Kier alpha value is -3.52. The zero-order chi connectivity index (χ0) is 20.2. The van der Waals surface area contributed by atoms with Crippen molar-refractivity contribution < 1.29 is 13.6 Å². The lowest BCUT2D eigenvalue weighted by Gasteiger charge is -2.02. The van der Waals surface area contributed by atoms with E-state index >= 15 is 0 Å². The van der Waals surface area contributed by atoms with Crippen LogP contribution in [-0.4, -0.2) is 15.5 Å². The lowest BCUT2D eigenvalue weighted by Crippen LogP contribution is -2.18. The van der Waals surface area contributed by atoms with Gasteiger partial charge in [0.1, 0.15) is 11.6 Å². The van der Waals surface area contributed by atoms with Gasteiger partial charge in [0.2, 0.25) is 0 Å². The summed E-state index contributed by atoms with van der Waals surface area (Å²) >= 11 is 1.34. The van der Waals surface area contributed by atoms with Crippen molar-refractivity contribution >= 4 is 22.4 Å². The number of nitrogens with zero attached hydrogens (tertiary/aromatic N) is 2. The van der Waals surface area contributed by atoms with Crippen LogP contribution in [0.1, 0.15) is 26.8 Å². The molecule has 4 rings (SSSR count). The van der Waals surface area contributed by atoms with Gasteiger partial charge in [0.15, 0.2) is 10.9 Å². The van der Waals surface area contributed by atoms with Crippen LogP contribution >= 0.6 is 11.3 Å². The summed E-state index contributed by atoms with van der Waals surface area (Å²) in [7, 11) is 0. The van der Waals surface area contributed by atoms with Crippen LogP contribution in [0.4, 0.5) is 9.52 Å². The van der Waals surface area contributed by atoms with E-state index < -0.39 is 5.91 Å². The highest BCUT2D eigenvalue weighted by Crippen LogP contribution is 2.22. The van der Waals surface area contributed by atoms with Gasteiger partial charge in [0, 0.05) is 29.8 Å². The Morgan fingerprint density at radius 1 is 1.14 bits per heavy atom. The molecule has 0 aliphatic rings. The largest absolute Gasteiger partial charge is 0.454 e. The van der Waals surface area contributed by atoms with Crippen LogP contribution in [0.5, 0.6) is 0 Å². The first-order chi connectivity index (χ1) is 14.1. The third-order valence-electron chi connectivity index (χ3n) is 4.18. The van der Waals surface area contributed by atoms with Gasteiger partial charge >= 0.3 is 0 Å². The molecule has 6 nitrogen and oxygen atoms in total. The number of aromatic nitrogens is 2. The summed E-state index contributed by atoms with van der Waals surface area (Å²) in [6.07, 6.45) is 3.94. The maximum Gasteiger partial charge on any atom is 0.293 e. The Labute approximate surface area is 169 Å². The number of nitrogens with one attached hydrogen (secondary N) is 1. The van der Waals surface area contributed by atoms with Gasteiger partial charge in [-0.25, -0.2) is 9.37 Å². The second kappa shape index (κ2) is 8.24. The third-order valence-corrected chi connectivity index (χ3v) is 5.09. The first kappa shape index (κ1) is 18.8. The van der Waals surface area contributed by atoms with Crippen LogP contribution in [-0.2, 0) is 13.0 Å². The van der Waals surface area contributed by atoms with Crippen molar-refractivity contribution in [3.05, 3.63) is 105 Å². The molecule has 146 valence electrons. The molecule has 0 unspecified atom stereocenters. The molecule has 1 amide bonds. The van der Waals surface area contributed by atoms with Gasteiger partial charge in [0.05, 0.1) is 6.54 Å². The molecule has 0 atom stereocenters. The number of pyridine rings is 1. The van der Waals surface area contributed by atoms with E-state index in [9.17, 15) is 14.0 Å². The highest BCUT2D eigenvalue weighted by molar-refractivity contribution is 7.15. The Kier molecular flexibility index (Phi) is 5.35. The molecule has 1 N–H and O–H groups in total. The Morgan fingerprint density at radius 2 is 1.97 bits per heavy atom. The average molecular weight is 409 g/mol. The fraction of sp³-hybridized carbons (Fsp3) is 0.0952. The van der Waals surface area contributed by atoms with E-state index in [-0.39, 0.29) is 23.7 Å². The Balaban J connectivity index is 1.39. The maximum absolute atomic E-state index is 13.0. The van der Waals surface area contributed by atoms with E-state index in [1.807, 2.05) is 0 Å². The lowest BCUT2D eigenvalue weighted by molar-refractivity contribution is 0.0994. The number of halogens is 1. The van der Waals surface area contributed by atoms with Gasteiger partial charge in [-0.1, -0.05) is 18.2 Å². The van der Waals surface area contributed by atoms with Gasteiger partial charge < -0.3 is 8.98 Å². The monoisotopic (exact) mass is 409 g/mol. The first-order valence-corrected chi connectivity index (χ1v) is 9.63. The smallest absolute Gasteiger partial charge is 0.293 e. The Bertz CT molecular complexity index is 1190. The molecular formula is C21H16FN3O3S. The highest BCUT2D eigenvalue weighted by atomic mass is 32.1. The Morgan fingerprint density at radius 3 is 2.76 bits per heavy atom. The zero-order valence-corrected chi connectivity index (χ0v) is 16.0. The molecular weight excluding hydrogens is 393 g/mol. The van der Waals surface area contributed by atoms with Crippen LogP contribution in [0.15, 0.2) is 76.2 Å². The van der Waals surface area contributed by atoms with Gasteiger partial charge in [-0.05, 0) is 35.9 Å². The summed E-state index contributed by atoms with van der Waals surface area (Å²) < 4.78 is 20.0. The summed E-state index contributed by atoms with van der Waals surface area (Å²) in [5, 5.41) is 3.16. The number of carbonyl (C=O) groups excluding carboxylic acids is 1. The van der Waals surface area contributed by atoms with E-state index in [2.05, 4.69) is 10.3 Å². The fourth-order valence-electron chi connectivity index (χ4n) is 2.75. The van der Waals surface area contributed by atoms with Crippen molar-refractivity contribution in [1.29, 1.82) is 0 Å². The van der Waals surface area contributed by atoms with Crippen molar-refractivity contribution in [2.24, 2.45) is 0 Å². The van der Waals surface area contributed by atoms with Crippen LogP contribution < -0.4 is 10.9 Å². The van der Waals surface area contributed by atoms with Crippen LogP contribution in [0.2, 0.25) is 0 Å². The SMILES string of the molecule is O=C(Nc1ncc(Cc2ccc(F)cc2)s1)c1ccc(Cn2ccccc2=O)o1. The highest BCUT2D eigenvalue weighted by Gasteiger charge is 2.14. The molecule has 0 radical (unpaired) electrons. The predicted octanol–water partition coefficient (Wildman–Crippen LogP) is 3.93. The van der Waals surface area contributed by atoms with Crippen molar-refractivity contribution in [3.63, 3.8) is 0 Å². The number of thiazole rings is 1. The molecule has 29 heavy (non-hydrogen) atoms. The number of anilines is 1. The molecule has 8 heteroatoms. The molecule has 4 aromatic rings. The lowest BCUT2D eigenvalue weighted by atomic mass is 10.1. The summed E-state index contributed by atoms with van der Waals surface area (Å²) in [5.74, 6) is -0.0563. The number of benzene rings is 1. The molecule has 0 fully saturated rings. The van der Waals surface area contributed by atoms with E-state index in [1.165, 1.54) is 34.1 Å². The van der Waals surface area contributed by atoms with Gasteiger partial charge in [-0.15, -0.1) is 11.3 Å². The second-order valence-electron chi connectivity index (χ2n) is 6.32. The topological polar surface area (TPSA) is 77.1 Å². The minimum atomic E-state index is -0.417. The van der Waals surface area contributed by atoms with Crippen molar-refractivity contribution in [2.75, 3.05) is 5.32 Å². The molecule has 1 aromatic carbocycles. The minimum absolute atomic E-state index is 0.138. The van der Waals surface area contributed by atoms with E-state index in [4.69, 9.17) is 4.42 Å². The molecule has 3 heterocycles. The molecule has 0 aliphatic carbocycles. The normalized spacial score (nSPS) is 10.8. The standard InChI is InChI=1S/C21H16FN3O3S/c22-15-6-4-14(5-7-15)11-17-12-23-21(29-17)24-20(27)18-9-8-16(28-18)13-25-10-2-1-3-19(25)26/h1-10,12H,11,13H2,(H,23,24,27). The quantitative estimate of drug-likeness (QED) is 0.524. The summed E-state index contributed by atoms with van der Waals surface area (Å²) in [6, 6.07) is 14.4. The minimum Gasteiger partial charge on any atom is -0.454 e. The molecule has 0 saturated carbocycles. The maximum atomic E-state index is 13.0. The molecule has 0 spiro atoms. The van der Waals surface area contributed by atoms with Crippen molar-refractivity contribution in [2.45, 2.75) is 13.0 Å². The summed E-state index contributed by atoms with van der Waals surface area (Å²) in [5.41, 5.74) is 0.811. The molecule has 0 bridgehead atoms. The molecule has 0 saturated heterocycles. The molecule has 3 aromatic heterocycles. The second-order valence-corrected chi connectivity index (χ2v) is 7.44. The number of amides is 1. The van der Waals surface area contributed by atoms with Crippen molar-refractivity contribution in [1.82, 2.24) is 9.55 Å². The summed E-state index contributed by atoms with van der Waals surface area (Å²) in [4.78, 5) is 29.3.